The van der Waals surface area contributed by atoms with Crippen LogP contribution in [0.5, 0.6) is 17.2 Å². The number of nitrogens with zero attached hydrogens (tertiary/aromatic N) is 3. The Bertz CT molecular complexity index is 1500. The molecule has 0 bridgehead atoms. The summed E-state index contributed by atoms with van der Waals surface area (Å²) < 4.78 is 21.7. The number of H-pyrrole nitrogens is 1. The number of esters is 1. The van der Waals surface area contributed by atoms with Crippen LogP contribution in [0.4, 0.5) is 0 Å². The van der Waals surface area contributed by atoms with E-state index in [2.05, 4.69) is 19.9 Å². The third-order valence-corrected chi connectivity index (χ3v) is 5.56. The van der Waals surface area contributed by atoms with Crippen molar-refractivity contribution in [3.63, 3.8) is 0 Å². The summed E-state index contributed by atoms with van der Waals surface area (Å²) in [6.07, 6.45) is 3.22. The highest BCUT2D eigenvalue weighted by Gasteiger charge is 2.19. The van der Waals surface area contributed by atoms with E-state index < -0.39 is 5.97 Å². The number of carbonyl (C=O) groups is 1. The van der Waals surface area contributed by atoms with Crippen molar-refractivity contribution in [2.75, 3.05) is 27.4 Å². The maximum Gasteiger partial charge on any atom is 0.344 e. The Balaban J connectivity index is 1.64. The summed E-state index contributed by atoms with van der Waals surface area (Å²) in [6.45, 7) is 1.75. The second-order valence-corrected chi connectivity index (χ2v) is 7.45. The van der Waals surface area contributed by atoms with Gasteiger partial charge in [-0.15, -0.1) is 0 Å². The average molecular weight is 458 g/mol. The average Bonchev–Trinajstić information content (AvgIpc) is 3.36. The molecule has 0 fully saturated rings. The fourth-order valence-corrected chi connectivity index (χ4v) is 4.06. The molecule has 0 aliphatic rings. The second-order valence-electron chi connectivity index (χ2n) is 7.45. The van der Waals surface area contributed by atoms with Gasteiger partial charge in [-0.05, 0) is 37.3 Å². The number of methoxy groups -OCH3 is 2. The zero-order chi connectivity index (χ0) is 23.7. The van der Waals surface area contributed by atoms with Crippen LogP contribution in [-0.2, 0) is 9.53 Å². The van der Waals surface area contributed by atoms with Crippen LogP contribution < -0.4 is 14.2 Å². The molecule has 2 aromatic heterocycles. The second kappa shape index (κ2) is 8.86. The molecule has 9 heteroatoms. The molecule has 0 saturated carbocycles. The number of hydrogen-bond acceptors (Lipinski definition) is 8. The van der Waals surface area contributed by atoms with E-state index >= 15 is 0 Å². The van der Waals surface area contributed by atoms with Crippen LogP contribution in [0.1, 0.15) is 6.92 Å². The summed E-state index contributed by atoms with van der Waals surface area (Å²) in [5.41, 5.74) is 4.14. The SMILES string of the molecule is CCOC(=O)COc1c(OC)cc(-c2ncnc3c2ccc2c3ccc3[nH]cnc32)cc1OC. The minimum Gasteiger partial charge on any atom is -0.493 e. The number of ether oxygens (including phenoxy) is 4. The predicted octanol–water partition coefficient (Wildman–Crippen LogP) is 4.29. The molecule has 172 valence electrons. The lowest BCUT2D eigenvalue weighted by atomic mass is 10.0. The van der Waals surface area contributed by atoms with Crippen LogP contribution in [-0.4, -0.2) is 53.3 Å². The van der Waals surface area contributed by atoms with Gasteiger partial charge in [0.1, 0.15) is 6.33 Å². The highest BCUT2D eigenvalue weighted by molar-refractivity contribution is 6.16. The summed E-state index contributed by atoms with van der Waals surface area (Å²) in [5, 5.41) is 2.86. The van der Waals surface area contributed by atoms with E-state index in [-0.39, 0.29) is 13.2 Å². The number of rotatable bonds is 7. The van der Waals surface area contributed by atoms with Gasteiger partial charge in [-0.1, -0.05) is 6.07 Å². The molecule has 2 heterocycles. The third-order valence-electron chi connectivity index (χ3n) is 5.56. The van der Waals surface area contributed by atoms with Crippen molar-refractivity contribution < 1.29 is 23.7 Å². The first-order valence-corrected chi connectivity index (χ1v) is 10.7. The van der Waals surface area contributed by atoms with Crippen molar-refractivity contribution in [2.45, 2.75) is 6.92 Å². The minimum absolute atomic E-state index is 0.260. The van der Waals surface area contributed by atoms with E-state index in [1.807, 2.05) is 24.3 Å². The smallest absolute Gasteiger partial charge is 0.344 e. The molecule has 0 atom stereocenters. The van der Waals surface area contributed by atoms with E-state index in [1.54, 1.807) is 25.4 Å². The molecular weight excluding hydrogens is 436 g/mol. The molecule has 9 nitrogen and oxygen atoms in total. The van der Waals surface area contributed by atoms with Crippen molar-refractivity contribution in [1.82, 2.24) is 19.9 Å². The molecule has 0 aliphatic heterocycles. The van der Waals surface area contributed by atoms with E-state index in [0.717, 1.165) is 38.3 Å². The van der Waals surface area contributed by atoms with Crippen LogP contribution in [0.3, 0.4) is 0 Å². The molecule has 0 radical (unpaired) electrons. The number of nitrogens with one attached hydrogen (secondary N) is 1. The lowest BCUT2D eigenvalue weighted by Gasteiger charge is -2.16. The van der Waals surface area contributed by atoms with Gasteiger partial charge in [0.25, 0.3) is 0 Å². The van der Waals surface area contributed by atoms with Crippen molar-refractivity contribution >= 4 is 38.7 Å². The van der Waals surface area contributed by atoms with Crippen molar-refractivity contribution in [2.24, 2.45) is 0 Å². The molecule has 0 saturated heterocycles. The summed E-state index contributed by atoms with van der Waals surface area (Å²) in [7, 11) is 3.05. The third kappa shape index (κ3) is 3.61. The lowest BCUT2D eigenvalue weighted by Crippen LogP contribution is -2.15. The number of aromatic amines is 1. The van der Waals surface area contributed by atoms with Gasteiger partial charge in [0.05, 0.1) is 49.4 Å². The molecule has 0 amide bonds. The van der Waals surface area contributed by atoms with E-state index in [0.29, 0.717) is 22.9 Å². The first-order valence-electron chi connectivity index (χ1n) is 10.7. The molecule has 1 N–H and O–H groups in total. The maximum atomic E-state index is 11.8. The predicted molar refractivity (Wildman–Crippen MR) is 127 cm³/mol. The van der Waals surface area contributed by atoms with Gasteiger partial charge < -0.3 is 23.9 Å². The normalized spacial score (nSPS) is 11.1. The topological polar surface area (TPSA) is 108 Å². The van der Waals surface area contributed by atoms with Crippen LogP contribution in [0.2, 0.25) is 0 Å². The van der Waals surface area contributed by atoms with Gasteiger partial charge in [0.15, 0.2) is 18.1 Å². The Morgan fingerprint density at radius 1 is 0.912 bits per heavy atom. The first kappa shape index (κ1) is 21.4. The van der Waals surface area contributed by atoms with Gasteiger partial charge in [-0.25, -0.2) is 19.7 Å². The Labute approximate surface area is 194 Å². The Morgan fingerprint density at radius 2 is 1.62 bits per heavy atom. The number of aromatic nitrogens is 4. The summed E-state index contributed by atoms with van der Waals surface area (Å²) in [4.78, 5) is 28.5. The highest BCUT2D eigenvalue weighted by Crippen LogP contribution is 2.42. The van der Waals surface area contributed by atoms with Gasteiger partial charge in [-0.2, -0.15) is 0 Å². The van der Waals surface area contributed by atoms with E-state index in [1.165, 1.54) is 20.5 Å². The van der Waals surface area contributed by atoms with Crippen molar-refractivity contribution in [1.29, 1.82) is 0 Å². The van der Waals surface area contributed by atoms with Gasteiger partial charge in [0, 0.05) is 21.7 Å². The zero-order valence-electron chi connectivity index (χ0n) is 18.9. The van der Waals surface area contributed by atoms with Gasteiger partial charge in [0.2, 0.25) is 5.75 Å². The number of hydrogen-bond donors (Lipinski definition) is 1. The molecule has 5 rings (SSSR count). The van der Waals surface area contributed by atoms with Gasteiger partial charge >= 0.3 is 5.97 Å². The molecule has 0 spiro atoms. The molecular formula is C25H22N4O5. The fourth-order valence-electron chi connectivity index (χ4n) is 4.06. The lowest BCUT2D eigenvalue weighted by molar-refractivity contribution is -0.145. The summed E-state index contributed by atoms with van der Waals surface area (Å²) in [6, 6.07) is 11.6. The van der Waals surface area contributed by atoms with Crippen LogP contribution >= 0.6 is 0 Å². The molecule has 0 unspecified atom stereocenters. The highest BCUT2D eigenvalue weighted by atomic mass is 16.6. The summed E-state index contributed by atoms with van der Waals surface area (Å²) in [5.74, 6) is 0.649. The summed E-state index contributed by atoms with van der Waals surface area (Å²) >= 11 is 0. The Morgan fingerprint density at radius 3 is 2.35 bits per heavy atom. The van der Waals surface area contributed by atoms with Crippen LogP contribution in [0, 0.1) is 0 Å². The standard InChI is InChI=1S/C25H22N4O5/c1-4-33-21(30)11-34-25-19(31-2)9-14(10-20(25)32-3)22-17-6-5-16-15(23(17)28-13-27-22)7-8-18-24(16)29-12-26-18/h5-10,12-13H,4,11H2,1-3H3,(H,26,29). The minimum atomic E-state index is -0.477. The number of carbonyl (C=O) groups excluding carboxylic acids is 1. The molecule has 5 aromatic rings. The molecule has 0 aliphatic carbocycles. The van der Waals surface area contributed by atoms with Crippen molar-refractivity contribution in [3.05, 3.63) is 49.1 Å². The van der Waals surface area contributed by atoms with Crippen molar-refractivity contribution in [3.8, 4) is 28.5 Å². The Kier molecular flexibility index (Phi) is 5.59. The number of benzene rings is 3. The Hall–Kier alpha value is -4.40. The molecule has 34 heavy (non-hydrogen) atoms. The number of imidazole rings is 1. The van der Waals surface area contributed by atoms with Crippen LogP contribution in [0.25, 0.3) is 44.0 Å². The van der Waals surface area contributed by atoms with Crippen LogP contribution in [0.15, 0.2) is 49.1 Å². The fraction of sp³-hybridized carbons (Fsp3) is 0.200. The van der Waals surface area contributed by atoms with E-state index in [4.69, 9.17) is 18.9 Å². The monoisotopic (exact) mass is 458 g/mol. The first-order chi connectivity index (χ1) is 16.6. The van der Waals surface area contributed by atoms with E-state index in [9.17, 15) is 4.79 Å². The maximum absolute atomic E-state index is 11.8. The molecule has 3 aromatic carbocycles. The zero-order valence-corrected chi connectivity index (χ0v) is 18.9. The quantitative estimate of drug-likeness (QED) is 0.284. The van der Waals surface area contributed by atoms with Gasteiger partial charge in [-0.3, -0.25) is 0 Å². The largest absolute Gasteiger partial charge is 0.493 e. The number of fused-ring (bicyclic) bond motifs is 5.